The molecule has 2 aliphatic heterocycles. The molecule has 7 aromatic carbocycles. The highest BCUT2D eigenvalue weighted by Crippen LogP contribution is 2.51. The molecule has 0 saturated carbocycles. The summed E-state index contributed by atoms with van der Waals surface area (Å²) in [4.78, 5) is 7.85. The number of fused-ring (bicyclic) bond motifs is 8. The quantitative estimate of drug-likeness (QED) is 0.162. The van der Waals surface area contributed by atoms with E-state index < -0.39 is 0 Å². The zero-order chi connectivity index (χ0) is 44.7. The van der Waals surface area contributed by atoms with Crippen LogP contribution in [0.2, 0.25) is 0 Å². The molecule has 0 radical (unpaired) electrons. The van der Waals surface area contributed by atoms with Gasteiger partial charge in [0, 0.05) is 46.6 Å². The van der Waals surface area contributed by atoms with Gasteiger partial charge in [0.2, 0.25) is 0 Å². The Morgan fingerprint density at radius 3 is 1.71 bits per heavy atom. The normalized spacial score (nSPS) is 13.5. The maximum absolute atomic E-state index is 2.67. The summed E-state index contributed by atoms with van der Waals surface area (Å²) < 4.78 is 3.97. The number of aryl methyl sites for hydroxylation is 3. The zero-order valence-electron chi connectivity index (χ0n) is 38.6. The van der Waals surface area contributed by atoms with E-state index in [4.69, 9.17) is 0 Å². The van der Waals surface area contributed by atoms with Crippen molar-refractivity contribution in [2.24, 2.45) is 0 Å². The lowest BCUT2D eigenvalue weighted by Gasteiger charge is -2.44. The highest BCUT2D eigenvalue weighted by Gasteiger charge is 2.46. The summed E-state index contributed by atoms with van der Waals surface area (Å²) >= 11 is 5.72. The average molecular weight is 895 g/mol. The largest absolute Gasteiger partial charge is 0.311 e. The third kappa shape index (κ3) is 6.47. The molecule has 0 N–H and O–H groups in total. The number of anilines is 6. The lowest BCUT2D eigenvalue weighted by atomic mass is 9.33. The molecule has 0 amide bonds. The van der Waals surface area contributed by atoms with Crippen molar-refractivity contribution in [3.63, 3.8) is 0 Å². The van der Waals surface area contributed by atoms with Crippen LogP contribution < -0.4 is 26.2 Å². The number of nitrogens with zero attached hydrogens (tertiary/aromatic N) is 2. The number of hydrogen-bond acceptors (Lipinski definition) is 5. The maximum atomic E-state index is 2.67. The molecule has 65 heavy (non-hydrogen) atoms. The van der Waals surface area contributed by atoms with Crippen LogP contribution in [-0.2, 0) is 10.8 Å². The van der Waals surface area contributed by atoms with Gasteiger partial charge in [0.05, 0.1) is 10.7 Å². The van der Waals surface area contributed by atoms with Gasteiger partial charge in [0.25, 0.3) is 6.71 Å². The third-order valence-corrected chi connectivity index (χ3v) is 17.3. The Bertz CT molecular complexity index is 3500. The standard InChI is InChI=1S/C59H51BN2S3/c1-34-25-47-55-48(26-34)62(56-35(2)27-42(28-36(56)3)59(7,8)9)57-54(44-33-41(58(4,5)6)22-24-51(44)65-57)60(55)45-23-21-40(53-32-39-16-11-13-20-50(39)64-53)30-46(45)61(47)43-18-14-17-37(29-43)52-31-38-15-10-12-19-49(38)63-52/h10-33H,1-9H3. The topological polar surface area (TPSA) is 6.48 Å². The first-order valence-electron chi connectivity index (χ1n) is 22.8. The smallest absolute Gasteiger partial charge is 0.254 e. The van der Waals surface area contributed by atoms with Crippen molar-refractivity contribution in [2.45, 2.75) is 73.1 Å². The van der Waals surface area contributed by atoms with Gasteiger partial charge in [0.15, 0.2) is 0 Å². The molecular formula is C59H51BN2S3. The number of benzene rings is 7. The summed E-state index contributed by atoms with van der Waals surface area (Å²) in [5.41, 5.74) is 19.5. The van der Waals surface area contributed by atoms with E-state index in [2.05, 4.69) is 218 Å². The maximum Gasteiger partial charge on any atom is 0.254 e. The molecule has 3 aromatic heterocycles. The van der Waals surface area contributed by atoms with Gasteiger partial charge in [-0.1, -0.05) is 126 Å². The van der Waals surface area contributed by atoms with E-state index in [1.165, 1.54) is 129 Å². The predicted octanol–water partition coefficient (Wildman–Crippen LogP) is 16.3. The molecule has 2 aliphatic rings. The summed E-state index contributed by atoms with van der Waals surface area (Å²) in [5, 5.41) is 5.28. The second kappa shape index (κ2) is 14.5. The van der Waals surface area contributed by atoms with Crippen LogP contribution >= 0.6 is 34.0 Å². The van der Waals surface area contributed by atoms with Gasteiger partial charge in [-0.25, -0.2) is 0 Å². The average Bonchev–Trinajstić information content (AvgIpc) is 4.01. The first kappa shape index (κ1) is 40.6. The van der Waals surface area contributed by atoms with Gasteiger partial charge in [-0.05, 0) is 164 Å². The van der Waals surface area contributed by atoms with Crippen molar-refractivity contribution >= 4 is 121 Å². The Labute approximate surface area is 395 Å². The van der Waals surface area contributed by atoms with Crippen LogP contribution in [-0.4, -0.2) is 6.71 Å². The van der Waals surface area contributed by atoms with E-state index >= 15 is 0 Å². The molecule has 0 bridgehead atoms. The Balaban J connectivity index is 1.17. The zero-order valence-corrected chi connectivity index (χ0v) is 41.0. The first-order valence-corrected chi connectivity index (χ1v) is 25.3. The van der Waals surface area contributed by atoms with Gasteiger partial charge >= 0.3 is 0 Å². The van der Waals surface area contributed by atoms with Crippen LogP contribution in [0.4, 0.5) is 33.4 Å². The van der Waals surface area contributed by atoms with E-state index in [1.54, 1.807) is 0 Å². The Morgan fingerprint density at radius 1 is 0.462 bits per heavy atom. The van der Waals surface area contributed by atoms with Crippen molar-refractivity contribution in [2.75, 3.05) is 9.80 Å². The van der Waals surface area contributed by atoms with E-state index in [0.29, 0.717) is 0 Å². The Morgan fingerprint density at radius 2 is 1.08 bits per heavy atom. The van der Waals surface area contributed by atoms with E-state index in [0.717, 1.165) is 0 Å². The predicted molar refractivity (Wildman–Crippen MR) is 289 cm³/mol. The number of rotatable bonds is 4. The molecule has 318 valence electrons. The van der Waals surface area contributed by atoms with Crippen LogP contribution in [0.25, 0.3) is 51.1 Å². The van der Waals surface area contributed by atoms with E-state index in [9.17, 15) is 0 Å². The van der Waals surface area contributed by atoms with Crippen molar-refractivity contribution < 1.29 is 0 Å². The van der Waals surface area contributed by atoms with Gasteiger partial charge in [-0.3, -0.25) is 0 Å². The van der Waals surface area contributed by atoms with Crippen molar-refractivity contribution in [1.82, 2.24) is 0 Å². The molecule has 0 fully saturated rings. The molecule has 12 rings (SSSR count). The fourth-order valence-corrected chi connectivity index (χ4v) is 13.9. The second-order valence-electron chi connectivity index (χ2n) is 20.4. The number of thiophene rings is 3. The lowest BCUT2D eigenvalue weighted by molar-refractivity contribution is 0.589. The highest BCUT2D eigenvalue weighted by molar-refractivity contribution is 7.26. The van der Waals surface area contributed by atoms with Gasteiger partial charge in [-0.2, -0.15) is 0 Å². The molecule has 0 unspecified atom stereocenters. The summed E-state index contributed by atoms with van der Waals surface area (Å²) in [5.74, 6) is 0. The molecule has 0 spiro atoms. The Kier molecular flexibility index (Phi) is 9.08. The summed E-state index contributed by atoms with van der Waals surface area (Å²) in [6, 6.07) is 56.0. The summed E-state index contributed by atoms with van der Waals surface area (Å²) in [6.07, 6.45) is 0. The highest BCUT2D eigenvalue weighted by atomic mass is 32.1. The molecule has 6 heteroatoms. The molecule has 5 heterocycles. The van der Waals surface area contributed by atoms with Gasteiger partial charge < -0.3 is 9.80 Å². The van der Waals surface area contributed by atoms with Crippen LogP contribution in [0.5, 0.6) is 0 Å². The second-order valence-corrected chi connectivity index (χ2v) is 23.6. The molecule has 0 atom stereocenters. The minimum atomic E-state index is 0.00730. The Hall–Kier alpha value is -5.92. The van der Waals surface area contributed by atoms with Crippen LogP contribution in [0.1, 0.15) is 69.4 Å². The van der Waals surface area contributed by atoms with Crippen molar-refractivity contribution in [1.29, 1.82) is 0 Å². The molecular weight excluding hydrogens is 844 g/mol. The van der Waals surface area contributed by atoms with Crippen LogP contribution in [0, 0.1) is 20.8 Å². The first-order chi connectivity index (χ1) is 31.2. The fourth-order valence-electron chi connectivity index (χ4n) is 10.6. The minimum absolute atomic E-state index is 0.00730. The van der Waals surface area contributed by atoms with Crippen LogP contribution in [0.3, 0.4) is 0 Å². The molecule has 10 aromatic rings. The van der Waals surface area contributed by atoms with Gasteiger partial charge in [0.1, 0.15) is 0 Å². The van der Waals surface area contributed by atoms with Gasteiger partial charge in [-0.15, -0.1) is 34.0 Å². The molecule has 0 aliphatic carbocycles. The third-order valence-electron chi connectivity index (χ3n) is 13.8. The molecule has 0 saturated heterocycles. The van der Waals surface area contributed by atoms with Crippen molar-refractivity contribution in [3.8, 4) is 20.9 Å². The van der Waals surface area contributed by atoms with Crippen LogP contribution in [0.15, 0.2) is 146 Å². The number of hydrogen-bond donors (Lipinski definition) is 0. The van der Waals surface area contributed by atoms with Crippen molar-refractivity contribution in [3.05, 3.63) is 173 Å². The van der Waals surface area contributed by atoms with E-state index in [1.807, 2.05) is 34.0 Å². The summed E-state index contributed by atoms with van der Waals surface area (Å²) in [6.45, 7) is 21.0. The monoisotopic (exact) mass is 894 g/mol. The lowest BCUT2D eigenvalue weighted by Crippen LogP contribution is -2.61. The summed E-state index contributed by atoms with van der Waals surface area (Å²) in [7, 11) is 0. The fraction of sp³-hybridized carbons (Fsp3) is 0.186. The SMILES string of the molecule is Cc1cc2c3c(c1)N(c1c(C)cc(C(C)(C)C)cc1C)c1sc4ccc(C(C)(C)C)cc4c1B3c1ccc(-c3cc4ccccc4s3)cc1N2c1cccc(-c2cc3ccccc3s2)c1. The minimum Gasteiger partial charge on any atom is -0.311 e. The van der Waals surface area contributed by atoms with E-state index in [-0.39, 0.29) is 17.5 Å². The molecule has 2 nitrogen and oxygen atoms in total.